The first kappa shape index (κ1) is 98.2. The van der Waals surface area contributed by atoms with Crippen LogP contribution < -0.4 is 0 Å². The average molecular weight is 1470 g/mol. The molecular formula is C95H130N6O5S. The van der Waals surface area contributed by atoms with E-state index in [9.17, 15) is 0 Å². The summed E-state index contributed by atoms with van der Waals surface area (Å²) in [6, 6.07) is 80.4. The van der Waals surface area contributed by atoms with Crippen molar-refractivity contribution in [3.8, 4) is 0 Å². The zero-order valence-corrected chi connectivity index (χ0v) is 70.5. The van der Waals surface area contributed by atoms with Crippen LogP contribution in [0.4, 0.5) is 0 Å². The molecule has 9 aromatic heterocycles. The second-order valence-electron chi connectivity index (χ2n) is 18.8. The summed E-state index contributed by atoms with van der Waals surface area (Å²) in [4.78, 5) is 23.0. The largest absolute Gasteiger partial charge is 0.464 e. The molecule has 107 heavy (non-hydrogen) atoms. The van der Waals surface area contributed by atoms with Gasteiger partial charge in [-0.15, -0.1) is 11.3 Å². The van der Waals surface area contributed by atoms with Crippen molar-refractivity contribution >= 4 is 120 Å². The zero-order chi connectivity index (χ0) is 80.6. The average Bonchev–Trinajstić information content (AvgIpc) is 1.65. The van der Waals surface area contributed by atoms with Crippen LogP contribution in [-0.4, -0.2) is 29.9 Å². The molecule has 0 unspecified atom stereocenters. The molecule has 0 saturated heterocycles. The Balaban J connectivity index is -0.00000112. The van der Waals surface area contributed by atoms with Gasteiger partial charge in [-0.2, -0.15) is 0 Å². The van der Waals surface area contributed by atoms with Crippen LogP contribution in [0.2, 0.25) is 0 Å². The molecule has 0 atom stereocenters. The number of benzene rings is 9. The number of fused-ring (bicyclic) bond motifs is 12. The lowest BCUT2D eigenvalue weighted by molar-refractivity contribution is 0.560. The molecule has 18 aromatic rings. The van der Waals surface area contributed by atoms with Gasteiger partial charge in [0.2, 0.25) is 0 Å². The maximum atomic E-state index is 5.65. The predicted molar refractivity (Wildman–Crippen MR) is 478 cm³/mol. The summed E-state index contributed by atoms with van der Waals surface area (Å²) in [5.41, 5.74) is 11.7. The number of thiophene rings is 1. The van der Waals surface area contributed by atoms with Gasteiger partial charge in [-0.25, -0.2) is 15.0 Å². The van der Waals surface area contributed by atoms with Gasteiger partial charge >= 0.3 is 0 Å². The lowest BCUT2D eigenvalue weighted by Crippen LogP contribution is -1.68. The maximum Gasteiger partial charge on any atom is 0.192 e. The normalized spacial score (nSPS) is 8.89. The molecular weight excluding hydrogens is 1340 g/mol. The molecule has 9 aromatic carbocycles. The predicted octanol–water partition coefficient (Wildman–Crippen LogP) is 32.8. The Bertz CT molecular complexity index is 4270. The Kier molecular flexibility index (Phi) is 58.4. The molecule has 0 aliphatic carbocycles. The number of aromatic nitrogens is 6. The first-order valence-corrected chi connectivity index (χ1v) is 39.8. The number of para-hydroxylation sites is 11. The fourth-order valence-corrected chi connectivity index (χ4v) is 9.94. The quantitative estimate of drug-likeness (QED) is 0.151. The Labute approximate surface area is 647 Å². The second kappa shape index (κ2) is 63.6. The van der Waals surface area contributed by atoms with E-state index in [1.165, 1.54) is 48.1 Å². The number of pyridine rings is 1. The van der Waals surface area contributed by atoms with Crippen molar-refractivity contribution < 1.29 is 23.5 Å². The Morgan fingerprint density at radius 2 is 0.645 bits per heavy atom. The molecule has 0 saturated carbocycles. The van der Waals surface area contributed by atoms with Crippen LogP contribution in [0.3, 0.4) is 0 Å². The molecule has 0 fully saturated rings. The number of hydrogen-bond donors (Lipinski definition) is 2. The van der Waals surface area contributed by atoms with Crippen molar-refractivity contribution in [2.75, 3.05) is 0 Å². The van der Waals surface area contributed by atoms with E-state index in [0.29, 0.717) is 0 Å². The molecule has 0 aliphatic heterocycles. The third-order valence-corrected chi connectivity index (χ3v) is 13.9. The third-order valence-electron chi connectivity index (χ3n) is 13.0. The number of nitrogens with zero attached hydrogens (tertiary/aromatic N) is 4. The molecule has 0 bridgehead atoms. The summed E-state index contributed by atoms with van der Waals surface area (Å²) in [6.45, 7) is 53.5. The van der Waals surface area contributed by atoms with E-state index < -0.39 is 0 Å². The second-order valence-corrected chi connectivity index (χ2v) is 19.7. The molecule has 0 amide bonds. The topological polar surface area (TPSA) is 149 Å². The minimum absolute atomic E-state index is 0. The number of rotatable bonds is 0. The van der Waals surface area contributed by atoms with Crippen LogP contribution in [0.15, 0.2) is 295 Å². The monoisotopic (exact) mass is 1470 g/mol. The van der Waals surface area contributed by atoms with Crippen LogP contribution in [0.5, 0.6) is 0 Å². The van der Waals surface area contributed by atoms with Crippen LogP contribution in [0.25, 0.3) is 109 Å². The van der Waals surface area contributed by atoms with Crippen LogP contribution in [0, 0.1) is 20.8 Å². The first-order chi connectivity index (χ1) is 52.9. The lowest BCUT2D eigenvalue weighted by atomic mass is 10.2. The van der Waals surface area contributed by atoms with Crippen molar-refractivity contribution in [3.63, 3.8) is 0 Å². The molecule has 11 nitrogen and oxygen atoms in total. The van der Waals surface area contributed by atoms with Crippen molar-refractivity contribution in [2.45, 2.75) is 187 Å². The Hall–Kier alpha value is -10.8. The number of oxazole rings is 3. The van der Waals surface area contributed by atoms with E-state index in [0.717, 1.165) is 78.6 Å². The number of aryl methyl sites for hydroxylation is 3. The highest BCUT2D eigenvalue weighted by molar-refractivity contribution is 7.17. The fraction of sp³-hybridized carbons (Fsp3) is 0.284. The number of nitrogens with one attached hydrogen (secondary N) is 2. The highest BCUT2D eigenvalue weighted by Crippen LogP contribution is 2.28. The minimum Gasteiger partial charge on any atom is -0.464 e. The zero-order valence-electron chi connectivity index (χ0n) is 69.7. The van der Waals surface area contributed by atoms with Crippen LogP contribution in [-0.2, 0) is 0 Å². The number of hydrogen-bond acceptors (Lipinski definition) is 10. The third kappa shape index (κ3) is 33.5. The molecule has 0 spiro atoms. The Morgan fingerprint density at radius 3 is 1.07 bits per heavy atom. The van der Waals surface area contributed by atoms with E-state index in [1.807, 2.05) is 369 Å². The fourth-order valence-electron chi connectivity index (χ4n) is 9.15. The van der Waals surface area contributed by atoms with Gasteiger partial charge in [-0.05, 0) is 113 Å². The Morgan fingerprint density at radius 1 is 0.290 bits per heavy atom. The summed E-state index contributed by atoms with van der Waals surface area (Å²) in [5, 5.41) is 10.8. The highest BCUT2D eigenvalue weighted by Gasteiger charge is 2.05. The van der Waals surface area contributed by atoms with Crippen molar-refractivity contribution in [1.82, 2.24) is 29.9 Å². The van der Waals surface area contributed by atoms with Gasteiger partial charge in [-0.3, -0.25) is 4.98 Å². The highest BCUT2D eigenvalue weighted by atomic mass is 32.1. The van der Waals surface area contributed by atoms with Gasteiger partial charge in [0.1, 0.15) is 33.3 Å². The minimum atomic E-state index is 0. The summed E-state index contributed by atoms with van der Waals surface area (Å²) in [6.07, 6.45) is 7.33. The van der Waals surface area contributed by atoms with E-state index in [2.05, 4.69) is 114 Å². The van der Waals surface area contributed by atoms with E-state index in [-0.39, 0.29) is 1.43 Å². The van der Waals surface area contributed by atoms with Gasteiger partial charge in [-0.1, -0.05) is 312 Å². The van der Waals surface area contributed by atoms with Gasteiger partial charge < -0.3 is 32.1 Å². The standard InChI is InChI=1S/C12H8O.C11H8N2.3C8H7NO.C8H7N.C8H6O.C8H6S.12C2H6.H2/c1-3-7-11-9(5-1)10-6-2-4-8-12(10)13-11;1-2-4-10-8(3-1)9-5-6-12-7-11(9)13-10;3*1-6-9-7-4-2-3-5-8(7)10-6;3*1-2-4-8-7(3-1)5-6-9-8;12*1-2;/h1-8H;1-7,13H;3*2-5H,1H3;1-6,9H;2*1-6H;12*1-2H3;1H. The summed E-state index contributed by atoms with van der Waals surface area (Å²) in [5.74, 6) is 2.17. The van der Waals surface area contributed by atoms with Gasteiger partial charge in [0, 0.05) is 77.3 Å². The molecule has 2 N–H and O–H groups in total. The first-order valence-electron chi connectivity index (χ1n) is 38.9. The van der Waals surface area contributed by atoms with E-state index >= 15 is 0 Å². The molecule has 0 radical (unpaired) electrons. The van der Waals surface area contributed by atoms with Crippen molar-refractivity contribution in [1.29, 1.82) is 0 Å². The lowest BCUT2D eigenvalue weighted by Gasteiger charge is -1.87. The summed E-state index contributed by atoms with van der Waals surface area (Å²) in [7, 11) is 0. The van der Waals surface area contributed by atoms with E-state index in [1.54, 1.807) is 17.6 Å². The number of aromatic amines is 2. The molecule has 18 rings (SSSR count). The maximum absolute atomic E-state index is 5.65. The van der Waals surface area contributed by atoms with Crippen molar-refractivity contribution in [3.05, 3.63) is 291 Å². The summed E-state index contributed by atoms with van der Waals surface area (Å²) < 4.78 is 27.9. The molecule has 576 valence electrons. The van der Waals surface area contributed by atoms with Crippen LogP contribution in [0.1, 0.15) is 185 Å². The smallest absolute Gasteiger partial charge is 0.192 e. The molecule has 12 heteroatoms. The SMILES string of the molecule is CC.CC.CC.CC.CC.CC.CC.CC.CC.CC.CC.CC.Cc1nc2ccccc2o1.Cc1nc2ccccc2o1.Cc1nc2ccccc2o1.[HH].c1ccc2[nH]ccc2c1.c1ccc2c(c1)[nH]c1cnccc12.c1ccc2c(c1)oc1ccccc12.c1ccc2occc2c1.c1ccc2sccc2c1. The number of furan rings is 2. The van der Waals surface area contributed by atoms with E-state index in [4.69, 9.17) is 22.1 Å². The van der Waals surface area contributed by atoms with Gasteiger partial charge in [0.05, 0.1) is 18.0 Å². The molecule has 0 aliphatic rings. The van der Waals surface area contributed by atoms with Gasteiger partial charge in [0.15, 0.2) is 34.4 Å². The number of H-pyrrole nitrogens is 2. The van der Waals surface area contributed by atoms with Crippen molar-refractivity contribution in [2.24, 2.45) is 0 Å². The molecule has 9 heterocycles. The summed E-state index contributed by atoms with van der Waals surface area (Å²) >= 11 is 1.79. The van der Waals surface area contributed by atoms with Gasteiger partial charge in [0.25, 0.3) is 0 Å². The van der Waals surface area contributed by atoms with Crippen LogP contribution >= 0.6 is 11.3 Å².